The number of hydrogen-bond acceptors (Lipinski definition) is 2. The van der Waals surface area contributed by atoms with E-state index in [4.69, 9.17) is 16.3 Å². The van der Waals surface area contributed by atoms with Crippen LogP contribution in [0, 0.1) is 11.6 Å². The van der Waals surface area contributed by atoms with E-state index >= 15 is 0 Å². The maximum Gasteiger partial charge on any atom is 0.160 e. The highest BCUT2D eigenvalue weighted by molar-refractivity contribution is 6.31. The molecule has 2 atom stereocenters. The molecule has 0 aromatic heterocycles. The molecule has 1 saturated heterocycles. The van der Waals surface area contributed by atoms with E-state index in [2.05, 4.69) is 5.32 Å². The molecular weight excluding hydrogens is 272 g/mol. The molecule has 19 heavy (non-hydrogen) atoms. The van der Waals surface area contributed by atoms with Crippen LogP contribution >= 0.6 is 11.6 Å². The van der Waals surface area contributed by atoms with Crippen LogP contribution in [0.3, 0.4) is 0 Å². The molecule has 1 aromatic carbocycles. The Morgan fingerprint density at radius 3 is 2.74 bits per heavy atom. The summed E-state index contributed by atoms with van der Waals surface area (Å²) in [5, 5.41) is 3.49. The van der Waals surface area contributed by atoms with E-state index < -0.39 is 11.6 Å². The van der Waals surface area contributed by atoms with Crippen LogP contribution < -0.4 is 5.32 Å². The fourth-order valence-corrected chi connectivity index (χ4v) is 2.73. The van der Waals surface area contributed by atoms with Gasteiger partial charge in [-0.15, -0.1) is 0 Å². The first-order valence-corrected chi connectivity index (χ1v) is 7.00. The third-order valence-electron chi connectivity index (χ3n) is 3.39. The molecule has 106 valence electrons. The van der Waals surface area contributed by atoms with E-state index in [1.54, 1.807) is 0 Å². The number of benzene rings is 1. The second-order valence-corrected chi connectivity index (χ2v) is 5.14. The molecule has 0 amide bonds. The summed E-state index contributed by atoms with van der Waals surface area (Å²) in [6, 6.07) is 2.00. The first-order valence-electron chi connectivity index (χ1n) is 6.63. The van der Waals surface area contributed by atoms with Crippen molar-refractivity contribution in [2.75, 3.05) is 13.2 Å². The zero-order valence-corrected chi connectivity index (χ0v) is 11.6. The first-order chi connectivity index (χ1) is 9.13. The predicted octanol–water partition coefficient (Wildman–Crippen LogP) is 3.84. The number of halogens is 3. The normalized spacial score (nSPS) is 21.4. The summed E-state index contributed by atoms with van der Waals surface area (Å²) < 4.78 is 32.3. The van der Waals surface area contributed by atoms with Crippen LogP contribution in [0.15, 0.2) is 12.1 Å². The molecule has 0 saturated carbocycles. The molecule has 1 fully saturated rings. The smallest absolute Gasteiger partial charge is 0.160 e. The Morgan fingerprint density at radius 2 is 2.11 bits per heavy atom. The van der Waals surface area contributed by atoms with Gasteiger partial charge in [0.25, 0.3) is 0 Å². The second kappa shape index (κ2) is 6.64. The summed E-state index contributed by atoms with van der Waals surface area (Å²) in [4.78, 5) is 0. The fraction of sp³-hybridized carbons (Fsp3) is 0.571. The number of likely N-dealkylation sites (N-methyl/N-ethyl adjacent to an activating group) is 1. The molecule has 2 unspecified atom stereocenters. The fourth-order valence-electron chi connectivity index (χ4n) is 2.47. The molecule has 1 aliphatic heterocycles. The maximum absolute atomic E-state index is 13.4. The second-order valence-electron chi connectivity index (χ2n) is 4.73. The SMILES string of the molecule is CCNC(c1cc(F)c(F)cc1Cl)C1CCCCO1. The summed E-state index contributed by atoms with van der Waals surface area (Å²) in [5.74, 6) is -1.80. The Morgan fingerprint density at radius 1 is 1.37 bits per heavy atom. The van der Waals surface area contributed by atoms with E-state index in [0.717, 1.165) is 25.3 Å². The molecule has 0 spiro atoms. The standard InChI is InChI=1S/C14H18ClF2NO/c1-2-18-14(13-5-3-4-6-19-13)9-7-11(16)12(17)8-10(9)15/h7-8,13-14,18H,2-6H2,1H3. The molecule has 5 heteroatoms. The van der Waals surface area contributed by atoms with Crippen LogP contribution in [0.1, 0.15) is 37.8 Å². The Hall–Kier alpha value is -0.710. The number of hydrogen-bond donors (Lipinski definition) is 1. The Labute approximate surface area is 117 Å². The molecule has 1 aliphatic rings. The van der Waals surface area contributed by atoms with Crippen LogP contribution in [0.2, 0.25) is 5.02 Å². The van der Waals surface area contributed by atoms with Crippen molar-refractivity contribution in [3.8, 4) is 0 Å². The van der Waals surface area contributed by atoms with Crippen molar-refractivity contribution in [1.82, 2.24) is 5.32 Å². The van der Waals surface area contributed by atoms with Gasteiger partial charge in [0.1, 0.15) is 0 Å². The van der Waals surface area contributed by atoms with Gasteiger partial charge < -0.3 is 10.1 Å². The van der Waals surface area contributed by atoms with Gasteiger partial charge in [-0.05, 0) is 43.5 Å². The summed E-state index contributed by atoms with van der Waals surface area (Å²) >= 11 is 6.05. The summed E-state index contributed by atoms with van der Waals surface area (Å²) in [7, 11) is 0. The van der Waals surface area contributed by atoms with Crippen molar-refractivity contribution in [3.63, 3.8) is 0 Å². The zero-order chi connectivity index (χ0) is 13.8. The predicted molar refractivity (Wildman–Crippen MR) is 71.4 cm³/mol. The van der Waals surface area contributed by atoms with Gasteiger partial charge in [-0.2, -0.15) is 0 Å². The monoisotopic (exact) mass is 289 g/mol. The van der Waals surface area contributed by atoms with Crippen molar-refractivity contribution in [2.24, 2.45) is 0 Å². The molecule has 2 nitrogen and oxygen atoms in total. The van der Waals surface area contributed by atoms with Crippen LogP contribution in [0.25, 0.3) is 0 Å². The van der Waals surface area contributed by atoms with Crippen molar-refractivity contribution in [3.05, 3.63) is 34.4 Å². The summed E-state index contributed by atoms with van der Waals surface area (Å²) in [6.07, 6.45) is 2.97. The number of nitrogens with one attached hydrogen (secondary N) is 1. The van der Waals surface area contributed by atoms with E-state index in [9.17, 15) is 8.78 Å². The highest BCUT2D eigenvalue weighted by atomic mass is 35.5. The molecule has 1 heterocycles. The molecule has 0 bridgehead atoms. The molecule has 0 radical (unpaired) electrons. The minimum Gasteiger partial charge on any atom is -0.376 e. The third-order valence-corrected chi connectivity index (χ3v) is 3.71. The quantitative estimate of drug-likeness (QED) is 0.851. The van der Waals surface area contributed by atoms with E-state index in [1.807, 2.05) is 6.92 Å². The molecule has 0 aliphatic carbocycles. The number of rotatable bonds is 4. The Bertz CT molecular complexity index is 436. The lowest BCUT2D eigenvalue weighted by Crippen LogP contribution is -2.36. The average molecular weight is 290 g/mol. The zero-order valence-electron chi connectivity index (χ0n) is 10.9. The van der Waals surface area contributed by atoms with Gasteiger partial charge in [0.15, 0.2) is 11.6 Å². The largest absolute Gasteiger partial charge is 0.376 e. The van der Waals surface area contributed by atoms with Crippen molar-refractivity contribution >= 4 is 11.6 Å². The molecule has 2 rings (SSSR count). The maximum atomic E-state index is 13.4. The van der Waals surface area contributed by atoms with E-state index in [0.29, 0.717) is 18.7 Å². The summed E-state index contributed by atoms with van der Waals surface area (Å²) in [5.41, 5.74) is 0.564. The van der Waals surface area contributed by atoms with Crippen molar-refractivity contribution < 1.29 is 13.5 Å². The molecular formula is C14H18ClF2NO. The lowest BCUT2D eigenvalue weighted by atomic mass is 9.95. The van der Waals surface area contributed by atoms with Gasteiger partial charge in [0.2, 0.25) is 0 Å². The van der Waals surface area contributed by atoms with Gasteiger partial charge in [-0.3, -0.25) is 0 Å². The number of ether oxygens (including phenoxy) is 1. The highest BCUT2D eigenvalue weighted by Crippen LogP contribution is 2.32. The topological polar surface area (TPSA) is 21.3 Å². The van der Waals surface area contributed by atoms with Crippen molar-refractivity contribution in [1.29, 1.82) is 0 Å². The van der Waals surface area contributed by atoms with E-state index in [1.165, 1.54) is 6.07 Å². The van der Waals surface area contributed by atoms with Gasteiger partial charge in [0.05, 0.1) is 12.1 Å². The average Bonchev–Trinajstić information content (AvgIpc) is 2.42. The Kier molecular flexibility index (Phi) is 5.13. The van der Waals surface area contributed by atoms with Gasteiger partial charge >= 0.3 is 0 Å². The first kappa shape index (κ1) is 14.7. The Balaban J connectivity index is 2.29. The molecule has 1 aromatic rings. The van der Waals surface area contributed by atoms with E-state index in [-0.39, 0.29) is 17.2 Å². The van der Waals surface area contributed by atoms with Gasteiger partial charge in [-0.25, -0.2) is 8.78 Å². The minimum atomic E-state index is -0.923. The van der Waals surface area contributed by atoms with Crippen LogP contribution in [-0.2, 0) is 4.74 Å². The third kappa shape index (κ3) is 3.44. The van der Waals surface area contributed by atoms with Gasteiger partial charge in [-0.1, -0.05) is 18.5 Å². The van der Waals surface area contributed by atoms with Crippen LogP contribution in [-0.4, -0.2) is 19.3 Å². The minimum absolute atomic E-state index is 0.0453. The van der Waals surface area contributed by atoms with Crippen LogP contribution in [0.5, 0.6) is 0 Å². The highest BCUT2D eigenvalue weighted by Gasteiger charge is 2.27. The van der Waals surface area contributed by atoms with Crippen molar-refractivity contribution in [2.45, 2.75) is 38.3 Å². The molecule has 1 N–H and O–H groups in total. The lowest BCUT2D eigenvalue weighted by molar-refractivity contribution is -0.00791. The van der Waals surface area contributed by atoms with Crippen LogP contribution in [0.4, 0.5) is 8.78 Å². The summed E-state index contributed by atoms with van der Waals surface area (Å²) in [6.45, 7) is 3.37. The van der Waals surface area contributed by atoms with Gasteiger partial charge in [0, 0.05) is 11.6 Å². The lowest BCUT2D eigenvalue weighted by Gasteiger charge is -2.31.